The summed E-state index contributed by atoms with van der Waals surface area (Å²) in [6.07, 6.45) is 0. The third-order valence-electron chi connectivity index (χ3n) is 5.95. The van der Waals surface area contributed by atoms with Crippen LogP contribution in [0.2, 0.25) is 0 Å². The van der Waals surface area contributed by atoms with Crippen LogP contribution in [0.4, 0.5) is 11.4 Å². The molecule has 0 aliphatic heterocycles. The molecule has 3 rings (SSSR count). The molecule has 0 radical (unpaired) electrons. The average Bonchev–Trinajstić information content (AvgIpc) is 2.81. The van der Waals surface area contributed by atoms with E-state index in [1.54, 1.807) is 45.2 Å². The van der Waals surface area contributed by atoms with Crippen LogP contribution in [0.25, 0.3) is 0 Å². The maximum atomic E-state index is 13.1. The zero-order valence-electron chi connectivity index (χ0n) is 19.2. The van der Waals surface area contributed by atoms with Crippen molar-refractivity contribution in [3.8, 4) is 0 Å². The number of nitro groups is 2. The molecule has 0 aliphatic rings. The van der Waals surface area contributed by atoms with Crippen LogP contribution in [0.15, 0.2) is 66.7 Å². The molecule has 0 unspecified atom stereocenters. The topological polar surface area (TPSA) is 119 Å². The van der Waals surface area contributed by atoms with Crippen molar-refractivity contribution in [3.05, 3.63) is 115 Å². The Kier molecular flexibility index (Phi) is 7.70. The molecule has 1 amide bonds. The molecule has 1 atom stereocenters. The molecule has 1 N–H and O–H groups in total. The summed E-state index contributed by atoms with van der Waals surface area (Å²) in [5, 5.41) is 25.6. The van der Waals surface area contributed by atoms with Crippen molar-refractivity contribution in [2.45, 2.75) is 33.0 Å². The normalized spacial score (nSPS) is 11.8. The number of hydrogen-bond donors (Lipinski definition) is 1. The van der Waals surface area contributed by atoms with Crippen LogP contribution in [-0.4, -0.2) is 27.7 Å². The predicted octanol–water partition coefficient (Wildman–Crippen LogP) is 4.61. The molecule has 3 aromatic rings. The molecule has 0 saturated heterocycles. The van der Waals surface area contributed by atoms with Gasteiger partial charge in [0.1, 0.15) is 6.04 Å². The Morgan fingerprint density at radius 1 is 0.824 bits per heavy atom. The van der Waals surface area contributed by atoms with E-state index in [4.69, 9.17) is 0 Å². The fourth-order valence-corrected chi connectivity index (χ4v) is 4.05. The first-order chi connectivity index (χ1) is 16.2. The predicted molar refractivity (Wildman–Crippen MR) is 128 cm³/mol. The molecule has 9 nitrogen and oxygen atoms in total. The van der Waals surface area contributed by atoms with Crippen molar-refractivity contribution < 1.29 is 14.6 Å². The van der Waals surface area contributed by atoms with Gasteiger partial charge in [-0.2, -0.15) is 0 Å². The number of hydrogen-bond acceptors (Lipinski definition) is 6. The van der Waals surface area contributed by atoms with Crippen molar-refractivity contribution in [1.29, 1.82) is 0 Å². The lowest BCUT2D eigenvalue weighted by Crippen LogP contribution is -2.39. The van der Waals surface area contributed by atoms with Gasteiger partial charge < -0.3 is 5.32 Å². The number of amides is 1. The Balaban J connectivity index is 2.13. The van der Waals surface area contributed by atoms with Crippen molar-refractivity contribution in [3.63, 3.8) is 0 Å². The summed E-state index contributed by atoms with van der Waals surface area (Å²) in [7, 11) is 1.55. The van der Waals surface area contributed by atoms with Crippen molar-refractivity contribution >= 4 is 17.3 Å². The fraction of sp³-hybridized carbons (Fsp3) is 0.240. The minimum absolute atomic E-state index is 0.000170. The maximum Gasteiger partial charge on any atom is 0.272 e. The van der Waals surface area contributed by atoms with Gasteiger partial charge in [-0.25, -0.2) is 0 Å². The number of likely N-dealkylation sites (N-methyl/N-ethyl adjacent to an activating group) is 1. The van der Waals surface area contributed by atoms with Gasteiger partial charge in [-0.15, -0.1) is 0 Å². The quantitative estimate of drug-likeness (QED) is 0.366. The second kappa shape index (κ2) is 10.7. The van der Waals surface area contributed by atoms with Gasteiger partial charge in [0.2, 0.25) is 5.91 Å². The lowest BCUT2D eigenvalue weighted by Gasteiger charge is -2.32. The number of nitrogens with zero attached hydrogens (tertiary/aromatic N) is 3. The second-order valence-corrected chi connectivity index (χ2v) is 7.97. The van der Waals surface area contributed by atoms with E-state index in [2.05, 4.69) is 5.32 Å². The lowest BCUT2D eigenvalue weighted by molar-refractivity contribution is -0.385. The highest BCUT2D eigenvalue weighted by Crippen LogP contribution is 2.31. The first-order valence-corrected chi connectivity index (χ1v) is 10.7. The molecular weight excluding hydrogens is 436 g/mol. The molecule has 0 bridgehead atoms. The molecule has 0 heterocycles. The zero-order chi connectivity index (χ0) is 24.8. The molecular formula is C25H26N4O5. The minimum atomic E-state index is -0.719. The highest BCUT2D eigenvalue weighted by molar-refractivity contribution is 5.83. The van der Waals surface area contributed by atoms with Gasteiger partial charge in [-0.3, -0.25) is 29.9 Å². The summed E-state index contributed by atoms with van der Waals surface area (Å²) in [5.41, 5.74) is 3.16. The van der Waals surface area contributed by atoms with Gasteiger partial charge in [0.15, 0.2) is 0 Å². The van der Waals surface area contributed by atoms with Gasteiger partial charge in [0.05, 0.1) is 9.85 Å². The molecule has 9 heteroatoms. The van der Waals surface area contributed by atoms with Gasteiger partial charge in [0.25, 0.3) is 11.4 Å². The smallest absolute Gasteiger partial charge is 0.272 e. The van der Waals surface area contributed by atoms with Gasteiger partial charge in [-0.05, 0) is 30.5 Å². The van der Waals surface area contributed by atoms with Crippen LogP contribution in [0.5, 0.6) is 0 Å². The molecule has 34 heavy (non-hydrogen) atoms. The monoisotopic (exact) mass is 462 g/mol. The minimum Gasteiger partial charge on any atom is -0.358 e. The summed E-state index contributed by atoms with van der Waals surface area (Å²) in [5.74, 6) is -0.252. The first-order valence-electron chi connectivity index (χ1n) is 10.7. The lowest BCUT2D eigenvalue weighted by atomic mass is 9.99. The van der Waals surface area contributed by atoms with E-state index in [0.29, 0.717) is 22.3 Å². The summed E-state index contributed by atoms with van der Waals surface area (Å²) < 4.78 is 0. The Bertz CT molecular complexity index is 1150. The van der Waals surface area contributed by atoms with E-state index in [0.717, 1.165) is 5.56 Å². The Morgan fingerprint density at radius 3 is 1.71 bits per heavy atom. The Hall–Kier alpha value is -4.11. The molecule has 0 fully saturated rings. The number of carbonyl (C=O) groups is 1. The van der Waals surface area contributed by atoms with Crippen molar-refractivity contribution in [2.24, 2.45) is 0 Å². The van der Waals surface area contributed by atoms with Crippen LogP contribution in [0.1, 0.15) is 33.9 Å². The average molecular weight is 463 g/mol. The number of nitro benzene ring substituents is 2. The molecule has 0 saturated carbocycles. The molecule has 176 valence electrons. The van der Waals surface area contributed by atoms with Crippen LogP contribution >= 0.6 is 0 Å². The van der Waals surface area contributed by atoms with Crippen LogP contribution in [-0.2, 0) is 17.9 Å². The van der Waals surface area contributed by atoms with Crippen LogP contribution in [0, 0.1) is 34.1 Å². The summed E-state index contributed by atoms with van der Waals surface area (Å²) in [6, 6.07) is 18.2. The third-order valence-corrected chi connectivity index (χ3v) is 5.95. The largest absolute Gasteiger partial charge is 0.358 e. The van der Waals surface area contributed by atoms with Gasteiger partial charge >= 0.3 is 0 Å². The summed E-state index contributed by atoms with van der Waals surface area (Å²) in [6.45, 7) is 3.81. The van der Waals surface area contributed by atoms with E-state index >= 15 is 0 Å². The molecule has 3 aromatic carbocycles. The second-order valence-electron chi connectivity index (χ2n) is 7.97. The third kappa shape index (κ3) is 5.26. The fourth-order valence-electron chi connectivity index (χ4n) is 4.05. The van der Waals surface area contributed by atoms with Gasteiger partial charge in [0, 0.05) is 43.4 Å². The maximum absolute atomic E-state index is 13.1. The standard InChI is InChI=1S/C25H26N4O5/c1-17-20(11-7-13-22(17)28(31)32)15-27(16-21-12-8-14-23(18(21)2)29(33)34)24(25(30)26-3)19-9-5-4-6-10-19/h4-14,24H,15-16H2,1-3H3,(H,26,30)/t24-/m1/s1. The zero-order valence-corrected chi connectivity index (χ0v) is 19.2. The van der Waals surface area contributed by atoms with Crippen molar-refractivity contribution in [1.82, 2.24) is 10.2 Å². The van der Waals surface area contributed by atoms with Crippen LogP contribution in [0.3, 0.4) is 0 Å². The number of carbonyl (C=O) groups excluding carboxylic acids is 1. The summed E-state index contributed by atoms with van der Waals surface area (Å²) >= 11 is 0. The van der Waals surface area contributed by atoms with E-state index in [1.165, 1.54) is 12.1 Å². The molecule has 0 spiro atoms. The Morgan fingerprint density at radius 2 is 1.29 bits per heavy atom. The van der Waals surface area contributed by atoms with E-state index in [-0.39, 0.29) is 30.4 Å². The van der Waals surface area contributed by atoms with Crippen molar-refractivity contribution in [2.75, 3.05) is 7.05 Å². The number of benzene rings is 3. The van der Waals surface area contributed by atoms with Gasteiger partial charge in [-0.1, -0.05) is 54.6 Å². The number of nitrogens with one attached hydrogen (secondary N) is 1. The Labute approximate surface area is 197 Å². The summed E-state index contributed by atoms with van der Waals surface area (Å²) in [4.78, 5) is 37.0. The van der Waals surface area contributed by atoms with E-state index in [9.17, 15) is 25.0 Å². The number of rotatable bonds is 9. The highest BCUT2D eigenvalue weighted by Gasteiger charge is 2.29. The molecule has 0 aromatic heterocycles. The SMILES string of the molecule is CNC(=O)[C@@H](c1ccccc1)N(Cc1cccc([N+](=O)[O-])c1C)Cc1cccc([N+](=O)[O-])c1C. The first kappa shape index (κ1) is 24.5. The van der Waals surface area contributed by atoms with Crippen LogP contribution < -0.4 is 5.32 Å². The highest BCUT2D eigenvalue weighted by atomic mass is 16.6. The van der Waals surface area contributed by atoms with E-state index in [1.807, 2.05) is 35.2 Å². The molecule has 0 aliphatic carbocycles. The van der Waals surface area contributed by atoms with E-state index < -0.39 is 15.9 Å².